The maximum atomic E-state index is 12.5. The Hall–Kier alpha value is -3.59. The number of esters is 1. The van der Waals surface area contributed by atoms with Gasteiger partial charge in [0, 0.05) is 5.69 Å². The molecule has 2 aromatic carbocycles. The van der Waals surface area contributed by atoms with E-state index in [9.17, 15) is 14.9 Å². The number of rotatable bonds is 8. The van der Waals surface area contributed by atoms with Crippen LogP contribution in [0.2, 0.25) is 0 Å². The summed E-state index contributed by atoms with van der Waals surface area (Å²) in [4.78, 5) is 24.9. The fourth-order valence-corrected chi connectivity index (χ4v) is 2.78. The Balaban J connectivity index is 2.07. The molecule has 0 saturated heterocycles. The minimum atomic E-state index is -1.06. The number of ether oxygens (including phenoxy) is 2. The molecule has 6 nitrogen and oxygen atoms in total. The first-order valence-corrected chi connectivity index (χ1v) is 9.76. The van der Waals surface area contributed by atoms with Gasteiger partial charge in [-0.2, -0.15) is 5.26 Å². The summed E-state index contributed by atoms with van der Waals surface area (Å²) in [5, 5.41) is 12.1. The van der Waals surface area contributed by atoms with E-state index in [1.54, 1.807) is 31.4 Å². The number of carbonyl (C=O) groups excluding carboxylic acids is 2. The zero-order valence-corrected chi connectivity index (χ0v) is 17.6. The first-order valence-electron chi connectivity index (χ1n) is 9.76. The largest absolute Gasteiger partial charge is 0.497 e. The summed E-state index contributed by atoms with van der Waals surface area (Å²) >= 11 is 0. The fourth-order valence-electron chi connectivity index (χ4n) is 2.78. The monoisotopic (exact) mass is 406 g/mol. The van der Waals surface area contributed by atoms with Crippen LogP contribution < -0.4 is 10.1 Å². The lowest BCUT2D eigenvalue weighted by atomic mass is 9.97. The molecule has 0 aromatic heterocycles. The van der Waals surface area contributed by atoms with Gasteiger partial charge in [-0.05, 0) is 54.7 Å². The average molecular weight is 406 g/mol. The molecule has 2 rings (SSSR count). The Kier molecular flexibility index (Phi) is 8.18. The molecule has 0 spiro atoms. The van der Waals surface area contributed by atoms with Crippen molar-refractivity contribution >= 4 is 23.6 Å². The third kappa shape index (κ3) is 5.95. The molecule has 0 aliphatic rings. The summed E-state index contributed by atoms with van der Waals surface area (Å²) in [6.45, 7) is 5.63. The van der Waals surface area contributed by atoms with Gasteiger partial charge in [-0.15, -0.1) is 0 Å². The molecular formula is C24H26N2O4. The van der Waals surface area contributed by atoms with Crippen molar-refractivity contribution in [1.29, 1.82) is 5.26 Å². The van der Waals surface area contributed by atoms with Crippen LogP contribution in [-0.2, 0) is 14.3 Å². The number of hydrogen-bond donors (Lipinski definition) is 1. The predicted octanol–water partition coefficient (Wildman–Crippen LogP) is 4.69. The maximum absolute atomic E-state index is 12.5. The summed E-state index contributed by atoms with van der Waals surface area (Å²) in [5.41, 5.74) is 2.15. The van der Waals surface area contributed by atoms with E-state index in [1.807, 2.05) is 30.3 Å². The molecule has 30 heavy (non-hydrogen) atoms. The second-order valence-corrected chi connectivity index (χ2v) is 6.88. The quantitative estimate of drug-likeness (QED) is 0.390. The van der Waals surface area contributed by atoms with Crippen molar-refractivity contribution in [2.45, 2.75) is 39.2 Å². The Bertz CT molecular complexity index is 958. The number of hydrogen-bond acceptors (Lipinski definition) is 5. The van der Waals surface area contributed by atoms with Crippen molar-refractivity contribution in [3.63, 3.8) is 0 Å². The Labute approximate surface area is 177 Å². The second kappa shape index (κ2) is 10.8. The topological polar surface area (TPSA) is 88.4 Å². The standard InChI is InChI=1S/C24H26N2O4/c1-5-16(2)21-8-6-7-9-22(21)26-23(27)17(3)30-24(28)19(15-25)14-18-10-12-20(29-4)13-11-18/h6-14,16-17H,5H2,1-4H3,(H,26,27)/b19-14+/t16-,17+/m1/s1. The lowest BCUT2D eigenvalue weighted by Gasteiger charge is -2.18. The number of nitriles is 1. The number of para-hydroxylation sites is 1. The minimum absolute atomic E-state index is 0.195. The maximum Gasteiger partial charge on any atom is 0.349 e. The fraction of sp³-hybridized carbons (Fsp3) is 0.292. The first kappa shape index (κ1) is 22.7. The number of methoxy groups -OCH3 is 1. The normalized spacial score (nSPS) is 13.0. The summed E-state index contributed by atoms with van der Waals surface area (Å²) < 4.78 is 10.3. The summed E-state index contributed by atoms with van der Waals surface area (Å²) in [6.07, 6.45) is 1.28. The zero-order valence-electron chi connectivity index (χ0n) is 17.6. The third-order valence-electron chi connectivity index (χ3n) is 4.78. The number of anilines is 1. The number of nitrogens with zero attached hydrogens (tertiary/aromatic N) is 1. The van der Waals surface area contributed by atoms with Crippen LogP contribution in [0.5, 0.6) is 5.75 Å². The Morgan fingerprint density at radius 1 is 1.13 bits per heavy atom. The Morgan fingerprint density at radius 3 is 2.40 bits per heavy atom. The molecule has 1 N–H and O–H groups in total. The zero-order chi connectivity index (χ0) is 22.1. The van der Waals surface area contributed by atoms with Gasteiger partial charge < -0.3 is 14.8 Å². The van der Waals surface area contributed by atoms with Crippen molar-refractivity contribution in [2.24, 2.45) is 0 Å². The highest BCUT2D eigenvalue weighted by atomic mass is 16.5. The highest BCUT2D eigenvalue weighted by Crippen LogP contribution is 2.26. The molecule has 0 radical (unpaired) electrons. The number of nitrogens with one attached hydrogen (secondary N) is 1. The van der Waals surface area contributed by atoms with Crippen molar-refractivity contribution in [3.05, 3.63) is 65.2 Å². The highest BCUT2D eigenvalue weighted by molar-refractivity contribution is 6.01. The van der Waals surface area contributed by atoms with Gasteiger partial charge in [-0.25, -0.2) is 4.79 Å². The van der Waals surface area contributed by atoms with E-state index >= 15 is 0 Å². The van der Waals surface area contributed by atoms with E-state index in [1.165, 1.54) is 13.0 Å². The smallest absolute Gasteiger partial charge is 0.349 e. The van der Waals surface area contributed by atoms with Crippen molar-refractivity contribution < 1.29 is 19.1 Å². The first-order chi connectivity index (χ1) is 14.4. The van der Waals surface area contributed by atoms with Gasteiger partial charge in [0.25, 0.3) is 5.91 Å². The molecule has 2 aromatic rings. The van der Waals surface area contributed by atoms with Crippen LogP contribution in [0.15, 0.2) is 54.1 Å². The van der Waals surface area contributed by atoms with E-state index in [0.29, 0.717) is 17.0 Å². The molecule has 156 valence electrons. The lowest BCUT2D eigenvalue weighted by molar-refractivity contribution is -0.148. The van der Waals surface area contributed by atoms with Gasteiger partial charge in [0.2, 0.25) is 0 Å². The molecule has 0 bridgehead atoms. The Morgan fingerprint density at radius 2 is 1.80 bits per heavy atom. The van der Waals surface area contributed by atoms with Crippen molar-refractivity contribution in [2.75, 3.05) is 12.4 Å². The molecule has 2 atom stereocenters. The van der Waals surface area contributed by atoms with Crippen molar-refractivity contribution in [1.82, 2.24) is 0 Å². The van der Waals surface area contributed by atoms with Crippen molar-refractivity contribution in [3.8, 4) is 11.8 Å². The molecule has 0 aliphatic carbocycles. The number of carbonyl (C=O) groups is 2. The van der Waals surface area contributed by atoms with Crippen LogP contribution in [-0.4, -0.2) is 25.1 Å². The van der Waals surface area contributed by atoms with Crippen LogP contribution in [0.4, 0.5) is 5.69 Å². The van der Waals surface area contributed by atoms with Crippen LogP contribution >= 0.6 is 0 Å². The molecule has 6 heteroatoms. The minimum Gasteiger partial charge on any atom is -0.497 e. The van der Waals surface area contributed by atoms with Gasteiger partial charge >= 0.3 is 5.97 Å². The summed E-state index contributed by atoms with van der Waals surface area (Å²) in [5.74, 6) is -0.375. The van der Waals surface area contributed by atoms with Gasteiger partial charge in [0.15, 0.2) is 6.10 Å². The molecule has 0 unspecified atom stereocenters. The molecule has 0 heterocycles. The highest BCUT2D eigenvalue weighted by Gasteiger charge is 2.22. The predicted molar refractivity (Wildman–Crippen MR) is 116 cm³/mol. The number of benzene rings is 2. The molecule has 0 aliphatic heterocycles. The summed E-state index contributed by atoms with van der Waals surface area (Å²) in [7, 11) is 1.55. The SMILES string of the molecule is CC[C@@H](C)c1ccccc1NC(=O)[C@H](C)OC(=O)/C(C#N)=C/c1ccc(OC)cc1. The van der Waals surface area contributed by atoms with Crippen LogP contribution in [0, 0.1) is 11.3 Å². The molecule has 0 fully saturated rings. The van der Waals surface area contributed by atoms with Crippen LogP contribution in [0.3, 0.4) is 0 Å². The van der Waals surface area contributed by atoms with E-state index in [2.05, 4.69) is 19.2 Å². The number of amides is 1. The van der Waals surface area contributed by atoms with E-state index in [-0.39, 0.29) is 11.5 Å². The van der Waals surface area contributed by atoms with Gasteiger partial charge in [-0.1, -0.05) is 44.2 Å². The van der Waals surface area contributed by atoms with E-state index in [0.717, 1.165) is 12.0 Å². The van der Waals surface area contributed by atoms with E-state index < -0.39 is 18.0 Å². The van der Waals surface area contributed by atoms with Crippen LogP contribution in [0.25, 0.3) is 6.08 Å². The molecular weight excluding hydrogens is 380 g/mol. The average Bonchev–Trinajstić information content (AvgIpc) is 2.77. The summed E-state index contributed by atoms with van der Waals surface area (Å²) in [6, 6.07) is 16.2. The third-order valence-corrected chi connectivity index (χ3v) is 4.78. The van der Waals surface area contributed by atoms with Gasteiger partial charge in [0.05, 0.1) is 7.11 Å². The molecule has 0 saturated carbocycles. The van der Waals surface area contributed by atoms with Gasteiger partial charge in [-0.3, -0.25) is 4.79 Å². The van der Waals surface area contributed by atoms with Crippen LogP contribution in [0.1, 0.15) is 44.2 Å². The second-order valence-electron chi connectivity index (χ2n) is 6.88. The molecule has 1 amide bonds. The van der Waals surface area contributed by atoms with E-state index in [4.69, 9.17) is 9.47 Å². The lowest BCUT2D eigenvalue weighted by Crippen LogP contribution is -2.30. The van der Waals surface area contributed by atoms with Gasteiger partial charge in [0.1, 0.15) is 17.4 Å².